The third kappa shape index (κ3) is 11.1. The van der Waals surface area contributed by atoms with E-state index in [0.717, 1.165) is 11.1 Å². The van der Waals surface area contributed by atoms with Crippen LogP contribution < -0.4 is 0 Å². The monoisotopic (exact) mass is 574 g/mol. The molecule has 4 nitrogen and oxygen atoms in total. The minimum atomic E-state index is -2.22. The van der Waals surface area contributed by atoms with Gasteiger partial charge < -0.3 is 13.6 Å². The molecule has 212 valence electrons. The summed E-state index contributed by atoms with van der Waals surface area (Å²) in [4.78, 5) is 13.3. The Morgan fingerprint density at radius 1 is 0.816 bits per heavy atom. The fourth-order valence-electron chi connectivity index (χ4n) is 3.84. The van der Waals surface area contributed by atoms with Crippen LogP contribution in [0.1, 0.15) is 65.2 Å². The molecule has 38 heavy (non-hydrogen) atoms. The molecule has 0 aromatic heterocycles. The van der Waals surface area contributed by atoms with Gasteiger partial charge in [0.15, 0.2) is 21.8 Å². The highest BCUT2D eigenvalue weighted by Gasteiger charge is 2.44. The van der Waals surface area contributed by atoms with Crippen LogP contribution in [0.15, 0.2) is 60.7 Å². The molecule has 0 aliphatic carbocycles. The molecular formula is C31H50O4SSi2. The molecule has 0 saturated carbocycles. The molecule has 0 N–H and O–H groups in total. The molecular weight excluding hydrogens is 525 g/mol. The van der Waals surface area contributed by atoms with Crippen molar-refractivity contribution in [2.75, 3.05) is 0 Å². The lowest BCUT2D eigenvalue weighted by Crippen LogP contribution is -2.49. The van der Waals surface area contributed by atoms with E-state index in [2.05, 4.69) is 98.5 Å². The molecule has 7 heteroatoms. The van der Waals surface area contributed by atoms with Crippen molar-refractivity contribution in [3.63, 3.8) is 0 Å². The number of hydrogen-bond donors (Lipinski definition) is 0. The van der Waals surface area contributed by atoms with Crippen LogP contribution in [0.3, 0.4) is 0 Å². The largest absolute Gasteiger partial charge is 0.411 e. The quantitative estimate of drug-likeness (QED) is 0.237. The maximum absolute atomic E-state index is 13.3. The molecule has 0 radical (unpaired) electrons. The molecule has 2 rings (SSSR count). The Morgan fingerprint density at radius 3 is 1.82 bits per heavy atom. The zero-order valence-corrected chi connectivity index (χ0v) is 28.3. The first-order chi connectivity index (χ1) is 17.4. The average Bonchev–Trinajstić information content (AvgIpc) is 2.76. The van der Waals surface area contributed by atoms with Gasteiger partial charge in [0.2, 0.25) is 0 Å². The number of ether oxygens (including phenoxy) is 1. The number of thioether (sulfide) groups is 1. The lowest BCUT2D eigenvalue weighted by molar-refractivity contribution is -0.122. The molecule has 0 saturated heterocycles. The number of hydrogen-bond acceptors (Lipinski definition) is 5. The third-order valence-corrected chi connectivity index (χ3v) is 13.1. The topological polar surface area (TPSA) is 44.8 Å². The summed E-state index contributed by atoms with van der Waals surface area (Å²) in [6, 6.07) is 20.5. The molecule has 0 heterocycles. The smallest absolute Gasteiger partial charge is 0.193 e. The minimum Gasteiger partial charge on any atom is -0.411 e. The summed E-state index contributed by atoms with van der Waals surface area (Å²) in [5, 5.41) is 0.130. The van der Waals surface area contributed by atoms with E-state index in [1.807, 2.05) is 36.4 Å². The summed E-state index contributed by atoms with van der Waals surface area (Å²) in [6.07, 6.45) is -0.976. The van der Waals surface area contributed by atoms with Crippen molar-refractivity contribution in [2.45, 2.75) is 115 Å². The van der Waals surface area contributed by atoms with Crippen LogP contribution in [0.5, 0.6) is 0 Å². The van der Waals surface area contributed by atoms with Crippen molar-refractivity contribution in [1.82, 2.24) is 0 Å². The second kappa shape index (κ2) is 13.4. The van der Waals surface area contributed by atoms with Crippen LogP contribution in [0.4, 0.5) is 0 Å². The first-order valence-electron chi connectivity index (χ1n) is 13.7. The van der Waals surface area contributed by atoms with Gasteiger partial charge in [0.1, 0.15) is 6.10 Å². The molecule has 2 aromatic rings. The van der Waals surface area contributed by atoms with E-state index < -0.39 is 28.8 Å². The van der Waals surface area contributed by atoms with Crippen molar-refractivity contribution in [3.8, 4) is 0 Å². The molecule has 0 aliphatic heterocycles. The number of carbonyl (C=O) groups excluding carboxylic acids is 1. The van der Waals surface area contributed by atoms with Crippen LogP contribution in [-0.2, 0) is 25.0 Å². The Hall–Kier alpha value is -1.23. The SMILES string of the molecule is CC(C)(C)SC(=O)C[C@@H](O[Si](C)(C)C)[C@H](OCc1ccccc1)[C@H](O[Si](C)(C)C(C)(C)C)c1ccccc1. The van der Waals surface area contributed by atoms with Gasteiger partial charge in [0, 0.05) is 11.2 Å². The number of benzene rings is 2. The molecule has 0 aliphatic rings. The van der Waals surface area contributed by atoms with Crippen molar-refractivity contribution in [2.24, 2.45) is 0 Å². The van der Waals surface area contributed by atoms with E-state index in [0.29, 0.717) is 6.61 Å². The van der Waals surface area contributed by atoms with E-state index in [-0.39, 0.29) is 27.4 Å². The molecule has 2 aromatic carbocycles. The minimum absolute atomic E-state index is 0.0110. The normalized spacial score (nSPS) is 15.7. The van der Waals surface area contributed by atoms with E-state index in [9.17, 15) is 4.79 Å². The summed E-state index contributed by atoms with van der Waals surface area (Å²) in [5.74, 6) is 0. The van der Waals surface area contributed by atoms with Gasteiger partial charge >= 0.3 is 0 Å². The molecule has 0 unspecified atom stereocenters. The summed E-state index contributed by atoms with van der Waals surface area (Å²) in [5.41, 5.74) is 2.13. The zero-order valence-electron chi connectivity index (χ0n) is 25.5. The highest BCUT2D eigenvalue weighted by molar-refractivity contribution is 8.14. The van der Waals surface area contributed by atoms with Gasteiger partial charge in [-0.05, 0) is 48.9 Å². The van der Waals surface area contributed by atoms with Gasteiger partial charge in [-0.25, -0.2) is 0 Å². The molecule has 0 amide bonds. The third-order valence-electron chi connectivity index (χ3n) is 6.60. The first-order valence-corrected chi connectivity index (χ1v) is 20.8. The maximum Gasteiger partial charge on any atom is 0.193 e. The Kier molecular flexibility index (Phi) is 11.6. The molecule has 0 spiro atoms. The van der Waals surface area contributed by atoms with E-state index in [4.69, 9.17) is 13.6 Å². The number of carbonyl (C=O) groups is 1. The Labute approximate surface area is 238 Å². The number of rotatable bonds is 12. The van der Waals surface area contributed by atoms with Crippen molar-refractivity contribution in [3.05, 3.63) is 71.8 Å². The lowest BCUT2D eigenvalue weighted by Gasteiger charge is -2.44. The van der Waals surface area contributed by atoms with Gasteiger partial charge in [-0.15, -0.1) is 0 Å². The van der Waals surface area contributed by atoms with Gasteiger partial charge in [0.25, 0.3) is 0 Å². The predicted molar refractivity (Wildman–Crippen MR) is 168 cm³/mol. The predicted octanol–water partition coefficient (Wildman–Crippen LogP) is 9.00. The highest BCUT2D eigenvalue weighted by atomic mass is 32.2. The molecule has 0 bridgehead atoms. The second-order valence-corrected chi connectivity index (χ2v) is 24.6. The van der Waals surface area contributed by atoms with Crippen LogP contribution in [0, 0.1) is 0 Å². The van der Waals surface area contributed by atoms with E-state index in [1.165, 1.54) is 11.8 Å². The Bertz CT molecular complexity index is 993. The van der Waals surface area contributed by atoms with Crippen molar-refractivity contribution < 1.29 is 18.4 Å². The molecule has 3 atom stereocenters. The van der Waals surface area contributed by atoms with Crippen LogP contribution in [-0.4, -0.2) is 38.7 Å². The summed E-state index contributed by atoms with van der Waals surface area (Å²) in [7, 11) is -4.26. The second-order valence-electron chi connectivity index (χ2n) is 13.5. The van der Waals surface area contributed by atoms with Gasteiger partial charge in [-0.1, -0.05) is 114 Å². The fourth-order valence-corrected chi connectivity index (χ4v) is 7.16. The maximum atomic E-state index is 13.3. The van der Waals surface area contributed by atoms with Crippen LogP contribution in [0.2, 0.25) is 37.8 Å². The van der Waals surface area contributed by atoms with Crippen LogP contribution in [0.25, 0.3) is 0 Å². The highest BCUT2D eigenvalue weighted by Crippen LogP contribution is 2.42. The standard InChI is InChI=1S/C31H50O4SSi2/c1-30(2,3)36-27(32)22-26(34-37(7,8)9)29(33-23-24-18-14-12-15-19-24)28(25-20-16-13-17-21-25)35-38(10,11)31(4,5)6/h12-21,26,28-29H,22-23H2,1-11H3/t26-,28-,29+/m1/s1. The van der Waals surface area contributed by atoms with Gasteiger partial charge in [-0.3, -0.25) is 4.79 Å². The Balaban J connectivity index is 2.60. The van der Waals surface area contributed by atoms with E-state index >= 15 is 0 Å². The van der Waals surface area contributed by atoms with Crippen LogP contribution >= 0.6 is 11.8 Å². The van der Waals surface area contributed by atoms with Crippen molar-refractivity contribution >= 4 is 33.5 Å². The zero-order chi connectivity index (χ0) is 28.8. The summed E-state index contributed by atoms with van der Waals surface area (Å²) >= 11 is 1.38. The lowest BCUT2D eigenvalue weighted by atomic mass is 9.98. The molecule has 0 fully saturated rings. The summed E-state index contributed by atoms with van der Waals surface area (Å²) in [6.45, 7) is 24.4. The average molecular weight is 575 g/mol. The van der Waals surface area contributed by atoms with Gasteiger partial charge in [-0.2, -0.15) is 0 Å². The summed E-state index contributed by atoms with van der Waals surface area (Å²) < 4.78 is 20.5. The van der Waals surface area contributed by atoms with Crippen molar-refractivity contribution in [1.29, 1.82) is 0 Å². The fraction of sp³-hybridized carbons (Fsp3) is 0.581. The Morgan fingerprint density at radius 2 is 1.34 bits per heavy atom. The van der Waals surface area contributed by atoms with E-state index in [1.54, 1.807) is 0 Å². The first kappa shape index (κ1) is 33.0. The van der Waals surface area contributed by atoms with Gasteiger partial charge in [0.05, 0.1) is 18.8 Å².